The van der Waals surface area contributed by atoms with Crippen molar-refractivity contribution in [2.75, 3.05) is 0 Å². The van der Waals surface area contributed by atoms with Crippen LogP contribution in [0.5, 0.6) is 0 Å². The van der Waals surface area contributed by atoms with Crippen LogP contribution in [0.4, 0.5) is 0 Å². The van der Waals surface area contributed by atoms with Gasteiger partial charge in [-0.05, 0) is 33.3 Å². The van der Waals surface area contributed by atoms with Gasteiger partial charge in [-0.3, -0.25) is 0 Å². The second-order valence-electron chi connectivity index (χ2n) is 7.42. The highest BCUT2D eigenvalue weighted by atomic mass is 16.8. The molecule has 1 aliphatic heterocycles. The van der Waals surface area contributed by atoms with E-state index in [9.17, 15) is 0 Å². The molecular weight excluding hydrogens is 290 g/mol. The van der Waals surface area contributed by atoms with Gasteiger partial charge in [0.1, 0.15) is 18.1 Å². The summed E-state index contributed by atoms with van der Waals surface area (Å²) in [7, 11) is 0. The Kier molecular flexibility index (Phi) is 3.00. The van der Waals surface area contributed by atoms with Crippen LogP contribution in [0.25, 0.3) is 11.0 Å². The molecule has 0 N–H and O–H groups in total. The summed E-state index contributed by atoms with van der Waals surface area (Å²) in [5, 5.41) is 1.09. The Balaban J connectivity index is 1.82. The second kappa shape index (κ2) is 4.65. The average Bonchev–Trinajstić information content (AvgIpc) is 3.12. The largest absolute Gasteiger partial charge is 0.344 e. The first-order valence-corrected chi connectivity index (χ1v) is 8.12. The molecule has 0 amide bonds. The Hall–Kier alpha value is -1.72. The fraction of sp³-hybridized carbons (Fsp3) is 0.556. The topological polar surface area (TPSA) is 49.2 Å². The van der Waals surface area contributed by atoms with E-state index in [2.05, 4.69) is 40.3 Å². The number of rotatable bonds is 2. The maximum atomic E-state index is 6.25. The molecule has 4 atom stereocenters. The molecular formula is C18H23N3O2. The molecule has 23 heavy (non-hydrogen) atoms. The molecule has 1 saturated heterocycles. The molecule has 5 heteroatoms. The first kappa shape index (κ1) is 14.8. The summed E-state index contributed by atoms with van der Waals surface area (Å²) in [5.41, 5.74) is 1.85. The smallest absolute Gasteiger partial charge is 0.163 e. The van der Waals surface area contributed by atoms with E-state index in [4.69, 9.17) is 9.47 Å². The lowest BCUT2D eigenvalue weighted by atomic mass is 9.86. The Bertz CT molecular complexity index is 782. The van der Waals surface area contributed by atoms with Crippen molar-refractivity contribution in [3.05, 3.63) is 36.9 Å². The second-order valence-corrected chi connectivity index (χ2v) is 7.42. The molecule has 2 aromatic heterocycles. The SMILES string of the molecule is C=C[C@]1(C)C[C@@H](n2ccc3c(C)ncnc32)[C@@H]2OC(C)(C)O[C@@H]21. The minimum atomic E-state index is -0.563. The molecule has 1 aliphatic carbocycles. The summed E-state index contributed by atoms with van der Waals surface area (Å²) in [5.74, 6) is -0.563. The zero-order valence-electron chi connectivity index (χ0n) is 14.1. The van der Waals surface area contributed by atoms with Crippen molar-refractivity contribution in [2.45, 2.75) is 58.2 Å². The van der Waals surface area contributed by atoms with Gasteiger partial charge in [-0.2, -0.15) is 0 Å². The van der Waals surface area contributed by atoms with Crippen LogP contribution >= 0.6 is 0 Å². The Labute approximate surface area is 136 Å². The summed E-state index contributed by atoms with van der Waals surface area (Å²) < 4.78 is 14.7. The third-order valence-electron chi connectivity index (χ3n) is 5.34. The number of hydrogen-bond donors (Lipinski definition) is 0. The van der Waals surface area contributed by atoms with Crippen LogP contribution in [0.2, 0.25) is 0 Å². The molecule has 122 valence electrons. The Morgan fingerprint density at radius 2 is 2.09 bits per heavy atom. The van der Waals surface area contributed by atoms with E-state index >= 15 is 0 Å². The van der Waals surface area contributed by atoms with Gasteiger partial charge < -0.3 is 14.0 Å². The van der Waals surface area contributed by atoms with Crippen LogP contribution in [0, 0.1) is 12.3 Å². The van der Waals surface area contributed by atoms with E-state index in [0.717, 1.165) is 23.1 Å². The molecule has 0 bridgehead atoms. The molecule has 2 aliphatic rings. The zero-order chi connectivity index (χ0) is 16.4. The lowest BCUT2D eigenvalue weighted by Gasteiger charge is -2.28. The molecule has 0 unspecified atom stereocenters. The fourth-order valence-corrected chi connectivity index (χ4v) is 4.08. The molecule has 0 radical (unpaired) electrons. The number of aryl methyl sites for hydroxylation is 1. The van der Waals surface area contributed by atoms with Gasteiger partial charge in [0.15, 0.2) is 5.79 Å². The molecule has 5 nitrogen and oxygen atoms in total. The van der Waals surface area contributed by atoms with E-state index in [1.807, 2.05) is 26.8 Å². The van der Waals surface area contributed by atoms with Gasteiger partial charge >= 0.3 is 0 Å². The van der Waals surface area contributed by atoms with E-state index in [-0.39, 0.29) is 23.7 Å². The van der Waals surface area contributed by atoms with Crippen molar-refractivity contribution < 1.29 is 9.47 Å². The van der Waals surface area contributed by atoms with Gasteiger partial charge in [0.25, 0.3) is 0 Å². The van der Waals surface area contributed by atoms with Crippen LogP contribution in [-0.4, -0.2) is 32.5 Å². The van der Waals surface area contributed by atoms with Gasteiger partial charge in [0.05, 0.1) is 17.8 Å². The third-order valence-corrected chi connectivity index (χ3v) is 5.34. The fourth-order valence-electron chi connectivity index (χ4n) is 4.08. The lowest BCUT2D eigenvalue weighted by Crippen LogP contribution is -2.31. The van der Waals surface area contributed by atoms with Crippen molar-refractivity contribution in [3.8, 4) is 0 Å². The van der Waals surface area contributed by atoms with Crippen molar-refractivity contribution in [1.82, 2.24) is 14.5 Å². The summed E-state index contributed by atoms with van der Waals surface area (Å²) in [6.45, 7) is 12.2. The summed E-state index contributed by atoms with van der Waals surface area (Å²) in [6.07, 6.45) is 6.68. The average molecular weight is 313 g/mol. The predicted octanol–water partition coefficient (Wildman–Crippen LogP) is 3.40. The number of hydrogen-bond acceptors (Lipinski definition) is 4. The van der Waals surface area contributed by atoms with Gasteiger partial charge in [-0.15, -0.1) is 6.58 Å². The highest BCUT2D eigenvalue weighted by Gasteiger charge is 2.59. The summed E-state index contributed by atoms with van der Waals surface area (Å²) >= 11 is 0. The van der Waals surface area contributed by atoms with E-state index in [0.29, 0.717) is 0 Å². The predicted molar refractivity (Wildman–Crippen MR) is 88.0 cm³/mol. The third kappa shape index (κ3) is 2.07. The highest BCUT2D eigenvalue weighted by Crippen LogP contribution is 2.54. The molecule has 2 fully saturated rings. The molecule has 0 aromatic carbocycles. The van der Waals surface area contributed by atoms with Crippen molar-refractivity contribution in [2.24, 2.45) is 5.41 Å². The van der Waals surface area contributed by atoms with E-state index in [1.165, 1.54) is 0 Å². The van der Waals surface area contributed by atoms with Crippen LogP contribution in [0.15, 0.2) is 31.2 Å². The molecule has 1 saturated carbocycles. The minimum Gasteiger partial charge on any atom is -0.344 e. The lowest BCUT2D eigenvalue weighted by molar-refractivity contribution is -0.164. The molecule has 3 heterocycles. The number of ether oxygens (including phenoxy) is 2. The van der Waals surface area contributed by atoms with Crippen molar-refractivity contribution >= 4 is 11.0 Å². The maximum Gasteiger partial charge on any atom is 0.163 e. The minimum absolute atomic E-state index is 0.00104. The molecule has 4 rings (SSSR count). The van der Waals surface area contributed by atoms with E-state index in [1.54, 1.807) is 6.33 Å². The van der Waals surface area contributed by atoms with Crippen LogP contribution in [-0.2, 0) is 9.47 Å². The van der Waals surface area contributed by atoms with Gasteiger partial charge in [-0.1, -0.05) is 13.0 Å². The molecule has 0 spiro atoms. The molecule has 2 aromatic rings. The quantitative estimate of drug-likeness (QED) is 0.797. The van der Waals surface area contributed by atoms with Gasteiger partial charge in [-0.25, -0.2) is 9.97 Å². The summed E-state index contributed by atoms with van der Waals surface area (Å²) in [6, 6.07) is 2.26. The first-order chi connectivity index (χ1) is 10.8. The monoisotopic (exact) mass is 313 g/mol. The van der Waals surface area contributed by atoms with Crippen LogP contribution < -0.4 is 0 Å². The van der Waals surface area contributed by atoms with E-state index < -0.39 is 5.79 Å². The van der Waals surface area contributed by atoms with Crippen molar-refractivity contribution in [1.29, 1.82) is 0 Å². The first-order valence-electron chi connectivity index (χ1n) is 8.12. The van der Waals surface area contributed by atoms with Crippen molar-refractivity contribution in [3.63, 3.8) is 0 Å². The number of nitrogens with zero attached hydrogens (tertiary/aromatic N) is 3. The number of aromatic nitrogens is 3. The van der Waals surface area contributed by atoms with Gasteiger partial charge in [0.2, 0.25) is 0 Å². The Morgan fingerprint density at radius 3 is 2.83 bits per heavy atom. The highest BCUT2D eigenvalue weighted by molar-refractivity contribution is 5.78. The standard InChI is InChI=1S/C18H23N3O2/c1-6-18(5)9-13(14-15(18)23-17(3,4)22-14)21-8-7-12-11(2)19-10-20-16(12)21/h6-8,10,13-15H,1,9H2,2-5H3/t13-,14+,15+,18-/m1/s1. The normalized spacial score (nSPS) is 35.6. The van der Waals surface area contributed by atoms with Crippen LogP contribution in [0.3, 0.4) is 0 Å². The van der Waals surface area contributed by atoms with Gasteiger partial charge in [0, 0.05) is 17.0 Å². The maximum absolute atomic E-state index is 6.25. The zero-order valence-corrected chi connectivity index (χ0v) is 14.1. The Morgan fingerprint density at radius 1 is 1.30 bits per heavy atom. The summed E-state index contributed by atoms with van der Waals surface area (Å²) in [4.78, 5) is 8.79. The number of fused-ring (bicyclic) bond motifs is 2. The van der Waals surface area contributed by atoms with Crippen LogP contribution in [0.1, 0.15) is 38.9 Å².